The molecule has 2 unspecified atom stereocenters. The van der Waals surface area contributed by atoms with Crippen LogP contribution in [-0.4, -0.2) is 18.4 Å². The van der Waals surface area contributed by atoms with Crippen molar-refractivity contribution in [2.75, 3.05) is 11.4 Å². The molecule has 6 heteroatoms. The fourth-order valence-corrected chi connectivity index (χ4v) is 3.34. The lowest BCUT2D eigenvalue weighted by atomic mass is 10.0. The molecule has 2 atom stereocenters. The zero-order valence-electron chi connectivity index (χ0n) is 13.7. The Balaban J connectivity index is 1.65. The topological polar surface area (TPSA) is 49.4 Å². The average molecular weight is 422 g/mol. The molecule has 0 aromatic heterocycles. The monoisotopic (exact) mass is 420 g/mol. The van der Waals surface area contributed by atoms with Crippen LogP contribution in [0.2, 0.25) is 5.02 Å². The van der Waals surface area contributed by atoms with E-state index in [4.69, 9.17) is 11.6 Å². The van der Waals surface area contributed by atoms with Crippen LogP contribution >= 0.6 is 27.5 Å². The normalized spacial score (nSPS) is 18.3. The minimum absolute atomic E-state index is 0.155. The maximum atomic E-state index is 12.6. The smallest absolute Gasteiger partial charge is 0.239 e. The van der Waals surface area contributed by atoms with Crippen LogP contribution in [-0.2, 0) is 9.59 Å². The Kier molecular flexibility index (Phi) is 5.45. The van der Waals surface area contributed by atoms with E-state index in [1.54, 1.807) is 29.2 Å². The molecular weight excluding hydrogens is 404 g/mol. The molecule has 0 bridgehead atoms. The summed E-state index contributed by atoms with van der Waals surface area (Å²) in [4.78, 5) is 26.8. The number of rotatable bonds is 4. The Bertz CT molecular complexity index is 777. The molecule has 1 heterocycles. The zero-order valence-corrected chi connectivity index (χ0v) is 16.0. The van der Waals surface area contributed by atoms with Crippen LogP contribution in [0.1, 0.15) is 24.9 Å². The van der Waals surface area contributed by atoms with Gasteiger partial charge in [0.1, 0.15) is 5.92 Å². The van der Waals surface area contributed by atoms with E-state index in [0.29, 0.717) is 18.0 Å². The van der Waals surface area contributed by atoms with Crippen molar-refractivity contribution in [1.29, 1.82) is 0 Å². The van der Waals surface area contributed by atoms with Crippen LogP contribution in [0.4, 0.5) is 5.69 Å². The number of carbonyl (C=O) groups is 2. The predicted molar refractivity (Wildman–Crippen MR) is 103 cm³/mol. The number of anilines is 1. The summed E-state index contributed by atoms with van der Waals surface area (Å²) in [6.07, 6.45) is 0.514. The summed E-state index contributed by atoms with van der Waals surface area (Å²) in [5.41, 5.74) is 1.77. The Morgan fingerprint density at radius 2 is 1.84 bits per heavy atom. The lowest BCUT2D eigenvalue weighted by Crippen LogP contribution is -2.38. The third-order valence-electron chi connectivity index (χ3n) is 4.39. The first-order valence-electron chi connectivity index (χ1n) is 8.08. The second kappa shape index (κ2) is 7.58. The molecule has 0 saturated carbocycles. The molecule has 0 radical (unpaired) electrons. The molecule has 25 heavy (non-hydrogen) atoms. The largest absolute Gasteiger partial charge is 0.349 e. The van der Waals surface area contributed by atoms with Gasteiger partial charge in [0.15, 0.2) is 0 Å². The van der Waals surface area contributed by atoms with Gasteiger partial charge in [0.2, 0.25) is 11.8 Å². The number of carbonyl (C=O) groups excluding carboxylic acids is 2. The molecule has 1 aliphatic rings. The van der Waals surface area contributed by atoms with Gasteiger partial charge in [0.25, 0.3) is 0 Å². The SMILES string of the molecule is CC(NC(=O)C1CCN(c2ccc(Cl)cc2)C1=O)c1ccc(Br)cc1. The minimum Gasteiger partial charge on any atom is -0.349 e. The van der Waals surface area contributed by atoms with E-state index >= 15 is 0 Å². The van der Waals surface area contributed by atoms with Crippen molar-refractivity contribution in [3.05, 3.63) is 63.6 Å². The van der Waals surface area contributed by atoms with Crippen molar-refractivity contribution >= 4 is 45.0 Å². The van der Waals surface area contributed by atoms with Gasteiger partial charge >= 0.3 is 0 Å². The van der Waals surface area contributed by atoms with Crippen molar-refractivity contribution in [2.24, 2.45) is 5.92 Å². The summed E-state index contributed by atoms with van der Waals surface area (Å²) in [5, 5.41) is 3.56. The maximum absolute atomic E-state index is 12.6. The quantitative estimate of drug-likeness (QED) is 0.747. The van der Waals surface area contributed by atoms with Crippen LogP contribution in [0.3, 0.4) is 0 Å². The van der Waals surface area contributed by atoms with E-state index < -0.39 is 5.92 Å². The first kappa shape index (κ1) is 18.0. The third-order valence-corrected chi connectivity index (χ3v) is 5.17. The van der Waals surface area contributed by atoms with E-state index in [1.807, 2.05) is 31.2 Å². The van der Waals surface area contributed by atoms with E-state index in [0.717, 1.165) is 15.7 Å². The summed E-state index contributed by atoms with van der Waals surface area (Å²) in [6, 6.07) is 14.7. The van der Waals surface area contributed by atoms with E-state index in [2.05, 4.69) is 21.2 Å². The molecule has 0 spiro atoms. The van der Waals surface area contributed by atoms with Crippen LogP contribution < -0.4 is 10.2 Å². The number of amides is 2. The fourth-order valence-electron chi connectivity index (χ4n) is 2.95. The highest BCUT2D eigenvalue weighted by molar-refractivity contribution is 9.10. The third kappa shape index (κ3) is 4.05. The fraction of sp³-hybridized carbons (Fsp3) is 0.263. The minimum atomic E-state index is -0.645. The zero-order chi connectivity index (χ0) is 18.0. The lowest BCUT2D eigenvalue weighted by Gasteiger charge is -2.19. The molecule has 2 aromatic rings. The first-order chi connectivity index (χ1) is 12.0. The molecule has 1 aliphatic heterocycles. The molecule has 1 N–H and O–H groups in total. The van der Waals surface area contributed by atoms with Crippen molar-refractivity contribution in [3.8, 4) is 0 Å². The number of nitrogens with zero attached hydrogens (tertiary/aromatic N) is 1. The highest BCUT2D eigenvalue weighted by atomic mass is 79.9. The van der Waals surface area contributed by atoms with Crippen molar-refractivity contribution in [1.82, 2.24) is 5.32 Å². The molecule has 2 aromatic carbocycles. The van der Waals surface area contributed by atoms with Gasteiger partial charge in [-0.15, -0.1) is 0 Å². The maximum Gasteiger partial charge on any atom is 0.239 e. The van der Waals surface area contributed by atoms with Gasteiger partial charge in [0, 0.05) is 21.7 Å². The van der Waals surface area contributed by atoms with E-state index in [-0.39, 0.29) is 17.9 Å². The second-order valence-electron chi connectivity index (χ2n) is 6.09. The first-order valence-corrected chi connectivity index (χ1v) is 9.25. The standard InChI is InChI=1S/C19H18BrClN2O2/c1-12(13-2-4-14(20)5-3-13)22-18(24)17-10-11-23(19(17)25)16-8-6-15(21)7-9-16/h2-9,12,17H,10-11H2,1H3,(H,22,24). The highest BCUT2D eigenvalue weighted by Gasteiger charge is 2.37. The van der Waals surface area contributed by atoms with Crippen LogP contribution in [0.25, 0.3) is 0 Å². The Morgan fingerprint density at radius 3 is 2.48 bits per heavy atom. The van der Waals surface area contributed by atoms with E-state index in [1.165, 1.54) is 0 Å². The summed E-state index contributed by atoms with van der Waals surface area (Å²) in [7, 11) is 0. The van der Waals surface area contributed by atoms with Crippen LogP contribution in [0.5, 0.6) is 0 Å². The number of halogens is 2. The van der Waals surface area contributed by atoms with Gasteiger partial charge in [-0.3, -0.25) is 9.59 Å². The van der Waals surface area contributed by atoms with Crippen LogP contribution in [0, 0.1) is 5.92 Å². The number of benzene rings is 2. The molecule has 0 aliphatic carbocycles. The Hall–Kier alpha value is -1.85. The van der Waals surface area contributed by atoms with Gasteiger partial charge in [-0.1, -0.05) is 39.7 Å². The predicted octanol–water partition coefficient (Wildman–Crippen LogP) is 4.33. The van der Waals surface area contributed by atoms with Crippen molar-refractivity contribution in [2.45, 2.75) is 19.4 Å². The second-order valence-corrected chi connectivity index (χ2v) is 7.44. The average Bonchev–Trinajstić information content (AvgIpc) is 2.98. The Labute approximate surface area is 160 Å². The molecule has 4 nitrogen and oxygen atoms in total. The summed E-state index contributed by atoms with van der Waals surface area (Å²) >= 11 is 9.28. The van der Waals surface area contributed by atoms with Crippen LogP contribution in [0.15, 0.2) is 53.0 Å². The molecule has 130 valence electrons. The van der Waals surface area contributed by atoms with Gasteiger partial charge in [-0.05, 0) is 55.3 Å². The van der Waals surface area contributed by atoms with Gasteiger partial charge in [0.05, 0.1) is 6.04 Å². The summed E-state index contributed by atoms with van der Waals surface area (Å²) in [6.45, 7) is 2.45. The summed E-state index contributed by atoms with van der Waals surface area (Å²) in [5.74, 6) is -1.03. The lowest BCUT2D eigenvalue weighted by molar-refractivity contribution is -0.132. The number of hydrogen-bond acceptors (Lipinski definition) is 2. The van der Waals surface area contributed by atoms with Gasteiger partial charge < -0.3 is 10.2 Å². The Morgan fingerprint density at radius 1 is 1.20 bits per heavy atom. The highest BCUT2D eigenvalue weighted by Crippen LogP contribution is 2.27. The van der Waals surface area contributed by atoms with Gasteiger partial charge in [-0.25, -0.2) is 0 Å². The molecule has 1 saturated heterocycles. The molecule has 2 amide bonds. The number of nitrogens with one attached hydrogen (secondary N) is 1. The van der Waals surface area contributed by atoms with Gasteiger partial charge in [-0.2, -0.15) is 0 Å². The summed E-state index contributed by atoms with van der Waals surface area (Å²) < 4.78 is 0.986. The van der Waals surface area contributed by atoms with Crippen molar-refractivity contribution in [3.63, 3.8) is 0 Å². The molecular formula is C19H18BrClN2O2. The molecule has 3 rings (SSSR count). The van der Waals surface area contributed by atoms with E-state index in [9.17, 15) is 9.59 Å². The van der Waals surface area contributed by atoms with Crippen molar-refractivity contribution < 1.29 is 9.59 Å². The molecule has 1 fully saturated rings. The number of hydrogen-bond donors (Lipinski definition) is 1.